The van der Waals surface area contributed by atoms with Crippen molar-refractivity contribution < 1.29 is 0 Å². The molecule has 1 aromatic heterocycles. The van der Waals surface area contributed by atoms with E-state index in [1.54, 1.807) is 11.8 Å². The highest BCUT2D eigenvalue weighted by Gasteiger charge is 2.05. The van der Waals surface area contributed by atoms with E-state index in [1.807, 2.05) is 0 Å². The molecule has 0 amide bonds. The van der Waals surface area contributed by atoms with Crippen LogP contribution in [0, 0.1) is 6.92 Å². The van der Waals surface area contributed by atoms with Crippen molar-refractivity contribution in [1.82, 2.24) is 15.2 Å². The largest absolute Gasteiger partial charge is 0.258 e. The van der Waals surface area contributed by atoms with Gasteiger partial charge in [0.05, 0.1) is 0 Å². The van der Waals surface area contributed by atoms with E-state index in [4.69, 9.17) is 0 Å². The molecule has 4 heteroatoms. The number of unbranched alkanes of at least 4 members (excludes halogenated alkanes) is 1. The minimum Gasteiger partial charge on any atom is -0.258 e. The number of hydrogen-bond acceptors (Lipinski definition) is 3. The van der Waals surface area contributed by atoms with Gasteiger partial charge >= 0.3 is 0 Å². The molecule has 1 heterocycles. The number of nitrogens with zero attached hydrogens (tertiary/aromatic N) is 2. The number of aromatic amines is 1. The standard InChI is InChI=1S/C13H17N3S/c1-3-4-9-17-13-14-12(15-16-13)11-7-5-10(2)6-8-11/h5-8H,3-4,9H2,1-2H3,(H,14,15,16). The van der Waals surface area contributed by atoms with Crippen LogP contribution in [0.15, 0.2) is 29.4 Å². The summed E-state index contributed by atoms with van der Waals surface area (Å²) >= 11 is 1.71. The minimum absolute atomic E-state index is 0.842. The first-order valence-corrected chi connectivity index (χ1v) is 6.90. The van der Waals surface area contributed by atoms with Crippen LogP contribution in [-0.2, 0) is 0 Å². The second kappa shape index (κ2) is 5.87. The molecule has 1 aromatic carbocycles. The first-order chi connectivity index (χ1) is 8.29. The van der Waals surface area contributed by atoms with Crippen LogP contribution in [0.1, 0.15) is 25.3 Å². The van der Waals surface area contributed by atoms with Crippen molar-refractivity contribution in [3.05, 3.63) is 29.8 Å². The van der Waals surface area contributed by atoms with E-state index in [0.717, 1.165) is 22.3 Å². The Morgan fingerprint density at radius 1 is 1.24 bits per heavy atom. The fraction of sp³-hybridized carbons (Fsp3) is 0.385. The number of aryl methyl sites for hydroxylation is 1. The van der Waals surface area contributed by atoms with Gasteiger partial charge in [-0.2, -0.15) is 0 Å². The van der Waals surface area contributed by atoms with Gasteiger partial charge in [-0.1, -0.05) is 54.9 Å². The zero-order valence-electron chi connectivity index (χ0n) is 10.2. The summed E-state index contributed by atoms with van der Waals surface area (Å²) < 4.78 is 0. The van der Waals surface area contributed by atoms with Gasteiger partial charge in [0.1, 0.15) is 0 Å². The molecule has 2 rings (SSSR count). The van der Waals surface area contributed by atoms with Crippen LogP contribution in [0.4, 0.5) is 0 Å². The Labute approximate surface area is 106 Å². The third kappa shape index (κ3) is 3.33. The van der Waals surface area contributed by atoms with E-state index < -0.39 is 0 Å². The number of benzene rings is 1. The maximum absolute atomic E-state index is 4.48. The first kappa shape index (κ1) is 12.2. The monoisotopic (exact) mass is 247 g/mol. The van der Waals surface area contributed by atoms with Crippen molar-refractivity contribution in [1.29, 1.82) is 0 Å². The Kier molecular flexibility index (Phi) is 4.20. The van der Waals surface area contributed by atoms with Gasteiger partial charge in [-0.25, -0.2) is 4.98 Å². The molecule has 0 aliphatic carbocycles. The minimum atomic E-state index is 0.842. The van der Waals surface area contributed by atoms with Crippen molar-refractivity contribution in [2.75, 3.05) is 5.75 Å². The Morgan fingerprint density at radius 3 is 2.71 bits per heavy atom. The van der Waals surface area contributed by atoms with Crippen LogP contribution in [0.2, 0.25) is 0 Å². The number of hydrogen-bond donors (Lipinski definition) is 1. The molecule has 3 nitrogen and oxygen atoms in total. The predicted octanol–water partition coefficient (Wildman–Crippen LogP) is 3.67. The molecule has 1 N–H and O–H groups in total. The number of aromatic nitrogens is 3. The highest BCUT2D eigenvalue weighted by Crippen LogP contribution is 2.20. The van der Waals surface area contributed by atoms with Crippen LogP contribution in [0.25, 0.3) is 11.4 Å². The summed E-state index contributed by atoms with van der Waals surface area (Å²) in [5, 5.41) is 8.04. The highest BCUT2D eigenvalue weighted by molar-refractivity contribution is 7.99. The maximum atomic E-state index is 4.48. The fourth-order valence-electron chi connectivity index (χ4n) is 1.46. The predicted molar refractivity (Wildman–Crippen MR) is 72.2 cm³/mol. The van der Waals surface area contributed by atoms with Crippen LogP contribution >= 0.6 is 11.8 Å². The summed E-state index contributed by atoms with van der Waals surface area (Å²) in [6, 6.07) is 8.30. The maximum Gasteiger partial charge on any atom is 0.208 e. The van der Waals surface area contributed by atoms with Gasteiger partial charge in [-0.05, 0) is 13.3 Å². The summed E-state index contributed by atoms with van der Waals surface area (Å²) in [7, 11) is 0. The molecule has 0 bridgehead atoms. The molecule has 0 spiro atoms. The molecular weight excluding hydrogens is 230 g/mol. The summed E-state index contributed by atoms with van der Waals surface area (Å²) in [6.07, 6.45) is 2.42. The van der Waals surface area contributed by atoms with Crippen molar-refractivity contribution in [2.45, 2.75) is 31.8 Å². The average Bonchev–Trinajstić information content (AvgIpc) is 2.79. The van der Waals surface area contributed by atoms with Gasteiger partial charge in [0.15, 0.2) is 5.82 Å². The summed E-state index contributed by atoms with van der Waals surface area (Å²) in [4.78, 5) is 4.48. The molecule has 0 atom stereocenters. The summed E-state index contributed by atoms with van der Waals surface area (Å²) in [6.45, 7) is 4.27. The second-order valence-corrected chi connectivity index (χ2v) is 5.10. The van der Waals surface area contributed by atoms with E-state index in [0.29, 0.717) is 0 Å². The molecule has 0 fully saturated rings. The molecular formula is C13H17N3S. The number of thioether (sulfide) groups is 1. The molecule has 0 aliphatic rings. The normalized spacial score (nSPS) is 10.7. The zero-order valence-corrected chi connectivity index (χ0v) is 11.0. The SMILES string of the molecule is CCCCSc1n[nH]c(-c2ccc(C)cc2)n1. The van der Waals surface area contributed by atoms with Crippen molar-refractivity contribution in [2.24, 2.45) is 0 Å². The summed E-state index contributed by atoms with van der Waals surface area (Å²) in [5.41, 5.74) is 2.34. The third-order valence-corrected chi connectivity index (χ3v) is 3.45. The van der Waals surface area contributed by atoms with Gasteiger partial charge in [-0.15, -0.1) is 5.10 Å². The van der Waals surface area contributed by atoms with Crippen molar-refractivity contribution in [3.63, 3.8) is 0 Å². The molecule has 2 aromatic rings. The first-order valence-electron chi connectivity index (χ1n) is 5.92. The van der Waals surface area contributed by atoms with Crippen LogP contribution in [0.5, 0.6) is 0 Å². The quantitative estimate of drug-likeness (QED) is 0.647. The van der Waals surface area contributed by atoms with Crippen LogP contribution in [-0.4, -0.2) is 20.9 Å². The molecule has 90 valence electrons. The molecule has 0 aliphatic heterocycles. The number of nitrogens with one attached hydrogen (secondary N) is 1. The Balaban J connectivity index is 2.04. The Morgan fingerprint density at radius 2 is 2.00 bits per heavy atom. The van der Waals surface area contributed by atoms with Crippen molar-refractivity contribution in [3.8, 4) is 11.4 Å². The number of rotatable bonds is 5. The van der Waals surface area contributed by atoms with E-state index in [-0.39, 0.29) is 0 Å². The lowest BCUT2D eigenvalue weighted by atomic mass is 10.1. The molecule has 17 heavy (non-hydrogen) atoms. The molecule has 0 saturated heterocycles. The lowest BCUT2D eigenvalue weighted by Gasteiger charge is -1.96. The van der Waals surface area contributed by atoms with Gasteiger partial charge < -0.3 is 0 Å². The van der Waals surface area contributed by atoms with E-state index in [2.05, 4.69) is 53.3 Å². The zero-order chi connectivity index (χ0) is 12.1. The Bertz CT molecular complexity index is 462. The van der Waals surface area contributed by atoms with Gasteiger partial charge in [0.25, 0.3) is 0 Å². The summed E-state index contributed by atoms with van der Waals surface area (Å²) in [5.74, 6) is 1.94. The molecule has 0 unspecified atom stereocenters. The van der Waals surface area contributed by atoms with Crippen molar-refractivity contribution >= 4 is 11.8 Å². The van der Waals surface area contributed by atoms with Crippen LogP contribution < -0.4 is 0 Å². The van der Waals surface area contributed by atoms with E-state index >= 15 is 0 Å². The third-order valence-electron chi connectivity index (χ3n) is 2.52. The van der Waals surface area contributed by atoms with E-state index in [1.165, 1.54) is 18.4 Å². The molecule has 0 radical (unpaired) electrons. The molecule has 0 saturated carbocycles. The van der Waals surface area contributed by atoms with Crippen LogP contribution in [0.3, 0.4) is 0 Å². The topological polar surface area (TPSA) is 41.6 Å². The lowest BCUT2D eigenvalue weighted by molar-refractivity contribution is 0.889. The van der Waals surface area contributed by atoms with Gasteiger partial charge in [0, 0.05) is 11.3 Å². The Hall–Kier alpha value is -1.29. The van der Waals surface area contributed by atoms with Gasteiger partial charge in [-0.3, -0.25) is 5.10 Å². The van der Waals surface area contributed by atoms with Gasteiger partial charge in [0.2, 0.25) is 5.16 Å². The second-order valence-electron chi connectivity index (χ2n) is 4.03. The average molecular weight is 247 g/mol. The highest BCUT2D eigenvalue weighted by atomic mass is 32.2. The smallest absolute Gasteiger partial charge is 0.208 e. The van der Waals surface area contributed by atoms with E-state index in [9.17, 15) is 0 Å². The lowest BCUT2D eigenvalue weighted by Crippen LogP contribution is -1.81. The number of H-pyrrole nitrogens is 1. The fourth-order valence-corrected chi connectivity index (χ4v) is 2.34.